The number of benzene rings is 1. The van der Waals surface area contributed by atoms with E-state index in [2.05, 4.69) is 4.74 Å². The largest absolute Gasteiger partial charge is 0.469 e. The van der Waals surface area contributed by atoms with Gasteiger partial charge in [-0.15, -0.1) is 11.8 Å². The first-order chi connectivity index (χ1) is 8.04. The van der Waals surface area contributed by atoms with Crippen LogP contribution in [0.5, 0.6) is 0 Å². The molecule has 0 fully saturated rings. The first-order valence-electron chi connectivity index (χ1n) is 5.21. The van der Waals surface area contributed by atoms with E-state index in [-0.39, 0.29) is 18.2 Å². The van der Waals surface area contributed by atoms with Crippen molar-refractivity contribution in [3.05, 3.63) is 29.6 Å². The molecule has 0 aliphatic heterocycles. The van der Waals surface area contributed by atoms with E-state index in [9.17, 15) is 14.3 Å². The number of methoxy groups -OCH3 is 1. The number of ether oxygens (including phenoxy) is 1. The molecule has 0 heterocycles. The molecule has 0 aliphatic rings. The zero-order valence-electron chi connectivity index (χ0n) is 9.77. The molecule has 0 bridgehead atoms. The topological polar surface area (TPSA) is 46.5 Å². The van der Waals surface area contributed by atoms with E-state index >= 15 is 0 Å². The fourth-order valence-corrected chi connectivity index (χ4v) is 2.09. The average molecular weight is 258 g/mol. The molecule has 0 spiro atoms. The van der Waals surface area contributed by atoms with Crippen molar-refractivity contribution in [2.45, 2.75) is 24.3 Å². The summed E-state index contributed by atoms with van der Waals surface area (Å²) in [5, 5.41) is 9.29. The zero-order valence-corrected chi connectivity index (χ0v) is 10.6. The summed E-state index contributed by atoms with van der Waals surface area (Å²) >= 11 is 1.25. The predicted octanol–water partition coefficient (Wildman–Crippen LogP) is 2.53. The number of hydrogen-bond acceptors (Lipinski definition) is 4. The molecule has 0 saturated carbocycles. The lowest BCUT2D eigenvalue weighted by Gasteiger charge is -2.07. The van der Waals surface area contributed by atoms with Crippen molar-refractivity contribution in [1.82, 2.24) is 0 Å². The van der Waals surface area contributed by atoms with Gasteiger partial charge in [-0.1, -0.05) is 6.07 Å². The van der Waals surface area contributed by atoms with Gasteiger partial charge in [-0.25, -0.2) is 4.39 Å². The maximum Gasteiger partial charge on any atom is 0.306 e. The molecule has 1 aromatic carbocycles. The van der Waals surface area contributed by atoms with Crippen LogP contribution >= 0.6 is 11.8 Å². The Morgan fingerprint density at radius 2 is 2.29 bits per heavy atom. The zero-order chi connectivity index (χ0) is 12.8. The van der Waals surface area contributed by atoms with Gasteiger partial charge < -0.3 is 9.84 Å². The van der Waals surface area contributed by atoms with E-state index < -0.39 is 6.10 Å². The summed E-state index contributed by atoms with van der Waals surface area (Å²) < 4.78 is 18.1. The molecule has 1 unspecified atom stereocenters. The molecular weight excluding hydrogens is 243 g/mol. The van der Waals surface area contributed by atoms with Gasteiger partial charge in [-0.2, -0.15) is 0 Å². The summed E-state index contributed by atoms with van der Waals surface area (Å²) in [6.45, 7) is 1.58. The Hall–Kier alpha value is -1.07. The van der Waals surface area contributed by atoms with E-state index in [0.717, 1.165) is 0 Å². The third-order valence-electron chi connectivity index (χ3n) is 2.23. The number of halogens is 1. The van der Waals surface area contributed by atoms with E-state index in [1.54, 1.807) is 19.1 Å². The molecule has 17 heavy (non-hydrogen) atoms. The fourth-order valence-electron chi connectivity index (χ4n) is 1.24. The highest BCUT2D eigenvalue weighted by Crippen LogP contribution is 2.25. The summed E-state index contributed by atoms with van der Waals surface area (Å²) in [7, 11) is 1.32. The monoisotopic (exact) mass is 258 g/mol. The van der Waals surface area contributed by atoms with Crippen LogP contribution in [0.3, 0.4) is 0 Å². The van der Waals surface area contributed by atoms with E-state index in [1.165, 1.54) is 24.9 Å². The number of thioether (sulfide) groups is 1. The quantitative estimate of drug-likeness (QED) is 0.651. The Bertz CT molecular complexity index is 393. The van der Waals surface area contributed by atoms with Crippen molar-refractivity contribution < 1.29 is 19.0 Å². The molecule has 94 valence electrons. The van der Waals surface area contributed by atoms with Crippen molar-refractivity contribution in [3.63, 3.8) is 0 Å². The van der Waals surface area contributed by atoms with Crippen LogP contribution in [0, 0.1) is 5.82 Å². The van der Waals surface area contributed by atoms with Crippen LogP contribution in [-0.2, 0) is 9.53 Å². The Balaban J connectivity index is 2.57. The fraction of sp³-hybridized carbons (Fsp3) is 0.417. The molecule has 3 nitrogen and oxygen atoms in total. The number of rotatable bonds is 5. The maximum atomic E-state index is 13.6. The highest BCUT2D eigenvalue weighted by molar-refractivity contribution is 7.99. The van der Waals surface area contributed by atoms with Crippen LogP contribution in [0.4, 0.5) is 4.39 Å². The number of esters is 1. The SMILES string of the molecule is COC(=O)CCSc1ccc(C(C)O)cc1F. The molecule has 1 atom stereocenters. The summed E-state index contributed by atoms with van der Waals surface area (Å²) in [5.74, 6) is -0.214. The molecular formula is C12H15FO3S. The van der Waals surface area contributed by atoms with Gasteiger partial charge in [0.25, 0.3) is 0 Å². The van der Waals surface area contributed by atoms with Gasteiger partial charge in [0.2, 0.25) is 0 Å². The summed E-state index contributed by atoms with van der Waals surface area (Å²) in [6.07, 6.45) is -0.433. The van der Waals surface area contributed by atoms with Crippen LogP contribution in [0.25, 0.3) is 0 Å². The second-order valence-electron chi connectivity index (χ2n) is 3.54. The third kappa shape index (κ3) is 4.36. The van der Waals surface area contributed by atoms with Crippen LogP contribution in [0.2, 0.25) is 0 Å². The summed E-state index contributed by atoms with van der Waals surface area (Å²) in [6, 6.07) is 4.60. The van der Waals surface area contributed by atoms with Gasteiger partial charge in [0.1, 0.15) is 5.82 Å². The van der Waals surface area contributed by atoms with Gasteiger partial charge in [0.05, 0.1) is 19.6 Å². The molecule has 0 amide bonds. The Morgan fingerprint density at radius 3 is 2.82 bits per heavy atom. The highest BCUT2D eigenvalue weighted by Gasteiger charge is 2.08. The minimum absolute atomic E-state index is 0.249. The molecule has 1 aromatic rings. The van der Waals surface area contributed by atoms with Crippen molar-refractivity contribution in [3.8, 4) is 0 Å². The first-order valence-corrected chi connectivity index (χ1v) is 6.20. The van der Waals surface area contributed by atoms with E-state index in [1.807, 2.05) is 0 Å². The minimum Gasteiger partial charge on any atom is -0.469 e. The molecule has 0 aromatic heterocycles. The predicted molar refractivity (Wildman–Crippen MR) is 64.4 cm³/mol. The Labute approximate surface area is 104 Å². The summed E-state index contributed by atoms with van der Waals surface area (Å²) in [4.78, 5) is 11.3. The van der Waals surface area contributed by atoms with Crippen molar-refractivity contribution in [2.75, 3.05) is 12.9 Å². The van der Waals surface area contributed by atoms with Crippen LogP contribution in [0.15, 0.2) is 23.1 Å². The standard InChI is InChI=1S/C12H15FO3S/c1-8(14)9-3-4-11(10(13)7-9)17-6-5-12(15)16-2/h3-4,7-8,14H,5-6H2,1-2H3. The Morgan fingerprint density at radius 1 is 1.59 bits per heavy atom. The normalized spacial score (nSPS) is 12.2. The van der Waals surface area contributed by atoms with Gasteiger partial charge in [0.15, 0.2) is 0 Å². The number of aliphatic hydroxyl groups is 1. The summed E-state index contributed by atoms with van der Waals surface area (Å²) in [5.41, 5.74) is 0.541. The van der Waals surface area contributed by atoms with Crippen molar-refractivity contribution in [1.29, 1.82) is 0 Å². The second kappa shape index (κ2) is 6.61. The van der Waals surface area contributed by atoms with Gasteiger partial charge in [-0.05, 0) is 24.6 Å². The van der Waals surface area contributed by atoms with E-state index in [4.69, 9.17) is 0 Å². The second-order valence-corrected chi connectivity index (χ2v) is 4.68. The number of hydrogen-bond donors (Lipinski definition) is 1. The molecule has 5 heteroatoms. The van der Waals surface area contributed by atoms with Gasteiger partial charge in [0, 0.05) is 10.6 Å². The minimum atomic E-state index is -0.682. The first kappa shape index (κ1) is 14.0. The third-order valence-corrected chi connectivity index (χ3v) is 3.28. The molecule has 1 N–H and O–H groups in total. The van der Waals surface area contributed by atoms with Crippen molar-refractivity contribution >= 4 is 17.7 Å². The number of aliphatic hydroxyl groups excluding tert-OH is 1. The molecule has 0 aliphatic carbocycles. The van der Waals surface area contributed by atoms with E-state index in [0.29, 0.717) is 16.2 Å². The van der Waals surface area contributed by atoms with Crippen LogP contribution in [-0.4, -0.2) is 23.9 Å². The van der Waals surface area contributed by atoms with Crippen molar-refractivity contribution in [2.24, 2.45) is 0 Å². The number of carbonyl (C=O) groups is 1. The van der Waals surface area contributed by atoms with Gasteiger partial charge >= 0.3 is 5.97 Å². The molecule has 1 rings (SSSR count). The lowest BCUT2D eigenvalue weighted by atomic mass is 10.1. The van der Waals surface area contributed by atoms with Crippen LogP contribution in [0.1, 0.15) is 25.0 Å². The lowest BCUT2D eigenvalue weighted by molar-refractivity contribution is -0.140. The van der Waals surface area contributed by atoms with Crippen LogP contribution < -0.4 is 0 Å². The highest BCUT2D eigenvalue weighted by atomic mass is 32.2. The molecule has 0 saturated heterocycles. The maximum absolute atomic E-state index is 13.6. The molecule has 0 radical (unpaired) electrons. The number of carbonyl (C=O) groups excluding carboxylic acids is 1. The lowest BCUT2D eigenvalue weighted by Crippen LogP contribution is -2.01. The smallest absolute Gasteiger partial charge is 0.306 e. The average Bonchev–Trinajstić information content (AvgIpc) is 2.30. The van der Waals surface area contributed by atoms with Gasteiger partial charge in [-0.3, -0.25) is 4.79 Å². The Kier molecular flexibility index (Phi) is 5.44.